The summed E-state index contributed by atoms with van der Waals surface area (Å²) >= 11 is 0. The summed E-state index contributed by atoms with van der Waals surface area (Å²) in [5.41, 5.74) is 2.27. The molecule has 6 rings (SSSR count). The molecular formula is C27H37N5O5S. The summed E-state index contributed by atoms with van der Waals surface area (Å²) in [5, 5.41) is 4.92. The van der Waals surface area contributed by atoms with Crippen LogP contribution in [0, 0.1) is 0 Å². The number of nitrogens with zero attached hydrogens (tertiary/aromatic N) is 5. The van der Waals surface area contributed by atoms with Gasteiger partial charge in [-0.2, -0.15) is 5.10 Å². The standard InChI is InChI=1S/C27H37N5O5S/c1-20-17-30(11-16-37-20)10-9-29-8-4-5-21(18-29)32-26-22-6-2-3-7-24(22)38(34,35)19-23(26)25(28-32)27(33)31-12-14-36-15-13-31/h2-3,6-7,20-21H,4-5,8-19H2,1H3/t20?,21-/m0/s1. The molecule has 1 unspecified atom stereocenters. The Labute approximate surface area is 224 Å². The van der Waals surface area contributed by atoms with Gasteiger partial charge in [0.2, 0.25) is 0 Å². The first-order valence-corrected chi connectivity index (χ1v) is 15.4. The number of piperidine rings is 1. The molecule has 10 nitrogen and oxygen atoms in total. The van der Waals surface area contributed by atoms with Crippen molar-refractivity contribution in [3.8, 4) is 11.3 Å². The van der Waals surface area contributed by atoms with Gasteiger partial charge >= 0.3 is 0 Å². The summed E-state index contributed by atoms with van der Waals surface area (Å²) in [7, 11) is -3.57. The Kier molecular flexibility index (Phi) is 7.30. The lowest BCUT2D eigenvalue weighted by atomic mass is 10.0. The van der Waals surface area contributed by atoms with Crippen LogP contribution in [0.4, 0.5) is 0 Å². The second-order valence-electron chi connectivity index (χ2n) is 10.9. The highest BCUT2D eigenvalue weighted by Gasteiger charge is 2.39. The topological polar surface area (TPSA) is 97.2 Å². The monoisotopic (exact) mass is 543 g/mol. The molecule has 2 aromatic rings. The highest BCUT2D eigenvalue weighted by Crippen LogP contribution is 2.41. The zero-order valence-corrected chi connectivity index (χ0v) is 22.9. The first kappa shape index (κ1) is 25.9. The van der Waals surface area contributed by atoms with Crippen molar-refractivity contribution in [1.29, 1.82) is 0 Å². The highest BCUT2D eigenvalue weighted by atomic mass is 32.2. The zero-order valence-electron chi connectivity index (χ0n) is 22.0. The maximum Gasteiger partial charge on any atom is 0.274 e. The molecule has 3 saturated heterocycles. The largest absolute Gasteiger partial charge is 0.378 e. The molecule has 0 bridgehead atoms. The van der Waals surface area contributed by atoms with E-state index in [0.29, 0.717) is 42.3 Å². The fourth-order valence-electron chi connectivity index (χ4n) is 6.26. The molecule has 1 aromatic carbocycles. The second kappa shape index (κ2) is 10.7. The maximum atomic E-state index is 13.6. The third-order valence-electron chi connectivity index (χ3n) is 8.21. The highest BCUT2D eigenvalue weighted by molar-refractivity contribution is 7.90. The van der Waals surface area contributed by atoms with Gasteiger partial charge in [-0.25, -0.2) is 8.42 Å². The van der Waals surface area contributed by atoms with Gasteiger partial charge in [-0.05, 0) is 32.4 Å². The van der Waals surface area contributed by atoms with Gasteiger partial charge < -0.3 is 14.4 Å². The van der Waals surface area contributed by atoms with E-state index >= 15 is 0 Å². The van der Waals surface area contributed by atoms with E-state index in [4.69, 9.17) is 14.6 Å². The quantitative estimate of drug-likeness (QED) is 0.562. The van der Waals surface area contributed by atoms with Gasteiger partial charge in [-0.15, -0.1) is 0 Å². The first-order valence-electron chi connectivity index (χ1n) is 13.8. The van der Waals surface area contributed by atoms with Crippen molar-refractivity contribution in [2.45, 2.75) is 42.6 Å². The summed E-state index contributed by atoms with van der Waals surface area (Å²) in [6, 6.07) is 7.22. The molecule has 0 radical (unpaired) electrons. The van der Waals surface area contributed by atoms with Crippen molar-refractivity contribution in [2.75, 3.05) is 72.2 Å². The van der Waals surface area contributed by atoms with Gasteiger partial charge in [-0.1, -0.05) is 18.2 Å². The summed E-state index contributed by atoms with van der Waals surface area (Å²) in [5.74, 6) is -0.400. The molecule has 206 valence electrons. The second-order valence-corrected chi connectivity index (χ2v) is 12.8. The lowest BCUT2D eigenvalue weighted by Crippen LogP contribution is -2.46. The number of benzene rings is 1. The molecule has 4 aliphatic heterocycles. The number of rotatable bonds is 5. The number of ether oxygens (including phenoxy) is 2. The number of carbonyl (C=O) groups is 1. The van der Waals surface area contributed by atoms with Crippen LogP contribution in [0.5, 0.6) is 0 Å². The van der Waals surface area contributed by atoms with Crippen molar-refractivity contribution in [2.24, 2.45) is 0 Å². The predicted octanol–water partition coefficient (Wildman–Crippen LogP) is 1.67. The minimum atomic E-state index is -3.57. The van der Waals surface area contributed by atoms with E-state index in [0.717, 1.165) is 64.4 Å². The Morgan fingerprint density at radius 1 is 1.03 bits per heavy atom. The summed E-state index contributed by atoms with van der Waals surface area (Å²) in [6.07, 6.45) is 2.25. The molecule has 1 amide bonds. The van der Waals surface area contributed by atoms with E-state index in [-0.39, 0.29) is 29.5 Å². The number of likely N-dealkylation sites (tertiary alicyclic amines) is 1. The van der Waals surface area contributed by atoms with Crippen LogP contribution in [0.3, 0.4) is 0 Å². The zero-order chi connectivity index (χ0) is 26.3. The predicted molar refractivity (Wildman–Crippen MR) is 142 cm³/mol. The Morgan fingerprint density at radius 2 is 1.79 bits per heavy atom. The molecule has 4 aliphatic rings. The van der Waals surface area contributed by atoms with Gasteiger partial charge in [0, 0.05) is 56.9 Å². The first-order chi connectivity index (χ1) is 18.4. The molecule has 11 heteroatoms. The van der Waals surface area contributed by atoms with E-state index in [1.807, 2.05) is 16.8 Å². The average Bonchev–Trinajstić information content (AvgIpc) is 3.31. The molecular weight excluding hydrogens is 506 g/mol. The van der Waals surface area contributed by atoms with Crippen LogP contribution in [-0.2, 0) is 25.1 Å². The van der Waals surface area contributed by atoms with Gasteiger partial charge in [0.25, 0.3) is 5.91 Å². The maximum absolute atomic E-state index is 13.6. The fourth-order valence-corrected chi connectivity index (χ4v) is 7.85. The summed E-state index contributed by atoms with van der Waals surface area (Å²) in [4.78, 5) is 20.6. The molecule has 0 saturated carbocycles. The minimum Gasteiger partial charge on any atom is -0.378 e. The molecule has 0 aliphatic carbocycles. The Bertz CT molecular complexity index is 1290. The molecule has 0 N–H and O–H groups in total. The van der Waals surface area contributed by atoms with Crippen molar-refractivity contribution in [1.82, 2.24) is 24.5 Å². The number of amides is 1. The lowest BCUT2D eigenvalue weighted by Gasteiger charge is -2.37. The Morgan fingerprint density at radius 3 is 2.58 bits per heavy atom. The van der Waals surface area contributed by atoms with Crippen molar-refractivity contribution in [3.05, 3.63) is 35.5 Å². The van der Waals surface area contributed by atoms with E-state index in [1.165, 1.54) is 0 Å². The van der Waals surface area contributed by atoms with Crippen LogP contribution < -0.4 is 0 Å². The number of fused-ring (bicyclic) bond motifs is 3. The Hall–Kier alpha value is -2.31. The number of aromatic nitrogens is 2. The van der Waals surface area contributed by atoms with E-state index in [1.54, 1.807) is 17.0 Å². The number of carbonyl (C=O) groups excluding carboxylic acids is 1. The van der Waals surface area contributed by atoms with Crippen LogP contribution in [0.1, 0.15) is 41.9 Å². The van der Waals surface area contributed by atoms with Crippen LogP contribution in [0.25, 0.3) is 11.3 Å². The number of hydrogen-bond donors (Lipinski definition) is 0. The molecule has 3 fully saturated rings. The number of hydrogen-bond acceptors (Lipinski definition) is 8. The van der Waals surface area contributed by atoms with E-state index < -0.39 is 9.84 Å². The summed E-state index contributed by atoms with van der Waals surface area (Å²) in [6.45, 7) is 10.6. The smallest absolute Gasteiger partial charge is 0.274 e. The molecule has 38 heavy (non-hydrogen) atoms. The van der Waals surface area contributed by atoms with Crippen molar-refractivity contribution >= 4 is 15.7 Å². The van der Waals surface area contributed by atoms with Crippen LogP contribution in [0.2, 0.25) is 0 Å². The minimum absolute atomic E-state index is 0.0706. The number of morpholine rings is 2. The van der Waals surface area contributed by atoms with Crippen molar-refractivity contribution < 1.29 is 22.7 Å². The lowest BCUT2D eigenvalue weighted by molar-refractivity contribution is -0.0216. The SMILES string of the molecule is CC1CN(CCN2CCC[C@H](n3nc(C(=O)N4CCOCC4)c4c3-c3ccccc3S(=O)(=O)C4)C2)CCO1. The molecule has 2 atom stereocenters. The summed E-state index contributed by atoms with van der Waals surface area (Å²) < 4.78 is 39.7. The van der Waals surface area contributed by atoms with Gasteiger partial charge in [-0.3, -0.25) is 19.3 Å². The van der Waals surface area contributed by atoms with E-state index in [9.17, 15) is 13.2 Å². The normalized spacial score (nSPS) is 26.1. The van der Waals surface area contributed by atoms with Crippen LogP contribution in [0.15, 0.2) is 29.2 Å². The Balaban J connectivity index is 1.31. The van der Waals surface area contributed by atoms with Gasteiger partial charge in [0.1, 0.15) is 0 Å². The van der Waals surface area contributed by atoms with Crippen LogP contribution in [-0.4, -0.2) is 117 Å². The third-order valence-corrected chi connectivity index (χ3v) is 9.90. The van der Waals surface area contributed by atoms with Gasteiger partial charge in [0.05, 0.1) is 48.3 Å². The average molecular weight is 544 g/mol. The molecule has 5 heterocycles. The fraction of sp³-hybridized carbons (Fsp3) is 0.630. The van der Waals surface area contributed by atoms with Gasteiger partial charge in [0.15, 0.2) is 15.5 Å². The van der Waals surface area contributed by atoms with Crippen LogP contribution >= 0.6 is 0 Å². The molecule has 1 aromatic heterocycles. The number of sulfone groups is 1. The molecule has 0 spiro atoms. The van der Waals surface area contributed by atoms with E-state index in [2.05, 4.69) is 16.7 Å². The third kappa shape index (κ3) is 5.02. The van der Waals surface area contributed by atoms with Crippen molar-refractivity contribution in [3.63, 3.8) is 0 Å².